The Hall–Kier alpha value is -2.56. The first-order valence-electron chi connectivity index (χ1n) is 8.69. The first-order chi connectivity index (χ1) is 13.1. The maximum Gasteiger partial charge on any atom is 0.322 e. The average molecular weight is 383 g/mol. The van der Waals surface area contributed by atoms with E-state index in [1.807, 2.05) is 6.92 Å². The number of fused-ring (bicyclic) bond motifs is 2. The molecule has 1 aliphatic rings. The van der Waals surface area contributed by atoms with Crippen molar-refractivity contribution >= 4 is 22.2 Å². The molecule has 138 valence electrons. The Balaban J connectivity index is 1.72. The van der Waals surface area contributed by atoms with E-state index >= 15 is 0 Å². The van der Waals surface area contributed by atoms with Crippen molar-refractivity contribution in [3.63, 3.8) is 0 Å². The van der Waals surface area contributed by atoms with Crippen molar-refractivity contribution in [1.29, 1.82) is 0 Å². The molecule has 0 bridgehead atoms. The zero-order valence-electron chi connectivity index (χ0n) is 14.8. The number of terminal acetylenes is 1. The molecule has 2 aromatic heterocycles. The lowest BCUT2D eigenvalue weighted by Crippen LogP contribution is -2.22. The van der Waals surface area contributed by atoms with Crippen LogP contribution in [0.1, 0.15) is 34.9 Å². The summed E-state index contributed by atoms with van der Waals surface area (Å²) in [4.78, 5) is 11.9. The normalized spacial score (nSPS) is 17.3. The van der Waals surface area contributed by atoms with Crippen molar-refractivity contribution in [1.82, 2.24) is 15.0 Å². The minimum absolute atomic E-state index is 0.181. The molecule has 1 aliphatic carbocycles. The highest BCUT2D eigenvalue weighted by molar-refractivity contribution is 7.91. The number of nitrogens with zero attached hydrogens (tertiary/aromatic N) is 2. The van der Waals surface area contributed by atoms with Crippen LogP contribution in [0.3, 0.4) is 0 Å². The molecule has 0 amide bonds. The van der Waals surface area contributed by atoms with Crippen molar-refractivity contribution < 1.29 is 13.7 Å². The van der Waals surface area contributed by atoms with E-state index in [1.54, 1.807) is 12.3 Å². The van der Waals surface area contributed by atoms with Gasteiger partial charge in [0.05, 0.1) is 16.7 Å². The van der Waals surface area contributed by atoms with Crippen LogP contribution in [0.15, 0.2) is 29.6 Å². The molecule has 2 heterocycles. The van der Waals surface area contributed by atoms with E-state index in [1.165, 1.54) is 12.1 Å². The zero-order chi connectivity index (χ0) is 19.0. The maximum absolute atomic E-state index is 13.4. The first-order valence-corrected chi connectivity index (χ1v) is 9.90. The number of rotatable bonds is 4. The summed E-state index contributed by atoms with van der Waals surface area (Å²) < 4.78 is 32.4. The third kappa shape index (κ3) is 3.27. The predicted octanol–water partition coefficient (Wildman–Crippen LogP) is 3.60. The molecule has 2 unspecified atom stereocenters. The molecule has 0 spiro atoms. The Morgan fingerprint density at radius 3 is 3.15 bits per heavy atom. The van der Waals surface area contributed by atoms with Gasteiger partial charge in [-0.25, -0.2) is 4.39 Å². The zero-order valence-corrected chi connectivity index (χ0v) is 15.6. The number of halogens is 1. The fourth-order valence-electron chi connectivity index (χ4n) is 3.49. The second-order valence-corrected chi connectivity index (χ2v) is 8.06. The fraction of sp³-hybridized carbons (Fsp3) is 0.300. The van der Waals surface area contributed by atoms with Gasteiger partial charge in [0.1, 0.15) is 18.2 Å². The predicted molar refractivity (Wildman–Crippen MR) is 101 cm³/mol. The summed E-state index contributed by atoms with van der Waals surface area (Å²) in [6.07, 6.45) is 9.46. The minimum Gasteiger partial charge on any atom is -0.608 e. The summed E-state index contributed by atoms with van der Waals surface area (Å²) in [5.41, 5.74) is 3.77. The molecule has 0 fully saturated rings. The Kier molecular flexibility index (Phi) is 4.77. The highest BCUT2D eigenvalue weighted by atomic mass is 32.2. The number of aromatic amines is 1. The second-order valence-electron chi connectivity index (χ2n) is 6.51. The largest absolute Gasteiger partial charge is 0.608 e. The van der Waals surface area contributed by atoms with Crippen LogP contribution in [0.5, 0.6) is 5.75 Å². The minimum atomic E-state index is -1.44. The smallest absolute Gasteiger partial charge is 0.322 e. The molecule has 0 saturated heterocycles. The van der Waals surface area contributed by atoms with Crippen molar-refractivity contribution in [2.75, 3.05) is 6.61 Å². The topological polar surface area (TPSA) is 73.9 Å². The lowest BCUT2D eigenvalue weighted by atomic mass is 9.93. The van der Waals surface area contributed by atoms with Crippen LogP contribution in [0.25, 0.3) is 11.0 Å². The van der Waals surface area contributed by atoms with Gasteiger partial charge in [0.15, 0.2) is 5.25 Å². The summed E-state index contributed by atoms with van der Waals surface area (Å²) >= 11 is -1.44. The molecule has 4 rings (SSSR count). The van der Waals surface area contributed by atoms with E-state index < -0.39 is 11.2 Å². The SMILES string of the molecule is C#CCOc1c(C)cnc2c1CCCC2[S+]([O-])c1nc2cc(F)ccc2[nH]1. The standard InChI is InChI=1S/C20H18FN3O2S/c1-3-9-26-19-12(2)11-22-18-14(19)5-4-6-17(18)27(25)20-23-15-8-7-13(21)10-16(15)24-20/h1,7-8,10-11,17H,4-6,9H2,2H3,(H,23,24). The molecule has 1 N–H and O–H groups in total. The van der Waals surface area contributed by atoms with E-state index in [4.69, 9.17) is 11.2 Å². The third-order valence-corrected chi connectivity index (χ3v) is 6.26. The summed E-state index contributed by atoms with van der Waals surface area (Å²) in [5.74, 6) is 2.85. The molecule has 5 nitrogen and oxygen atoms in total. The lowest BCUT2D eigenvalue weighted by molar-refractivity contribution is 0.359. The van der Waals surface area contributed by atoms with Crippen LogP contribution in [0, 0.1) is 25.1 Å². The highest BCUT2D eigenvalue weighted by Crippen LogP contribution is 2.41. The van der Waals surface area contributed by atoms with Gasteiger partial charge in [-0.2, -0.15) is 4.98 Å². The monoisotopic (exact) mass is 383 g/mol. The Morgan fingerprint density at radius 1 is 1.48 bits per heavy atom. The molecule has 27 heavy (non-hydrogen) atoms. The lowest BCUT2D eigenvalue weighted by Gasteiger charge is -2.27. The van der Waals surface area contributed by atoms with Crippen LogP contribution in [-0.4, -0.2) is 26.1 Å². The Morgan fingerprint density at radius 2 is 2.33 bits per heavy atom. The number of hydrogen-bond acceptors (Lipinski definition) is 4. The molecule has 0 radical (unpaired) electrons. The molecule has 1 aromatic carbocycles. The van der Waals surface area contributed by atoms with Crippen LogP contribution in [0.4, 0.5) is 4.39 Å². The van der Waals surface area contributed by atoms with E-state index in [0.717, 1.165) is 41.8 Å². The van der Waals surface area contributed by atoms with E-state index in [2.05, 4.69) is 20.9 Å². The summed E-state index contributed by atoms with van der Waals surface area (Å²) in [5, 5.41) is 0.0369. The molecule has 2 atom stereocenters. The number of pyridine rings is 1. The number of imidazole rings is 1. The van der Waals surface area contributed by atoms with Gasteiger partial charge in [-0.05, 0) is 31.9 Å². The molecule has 3 aromatic rings. The van der Waals surface area contributed by atoms with Crippen LogP contribution in [-0.2, 0) is 17.6 Å². The molecule has 0 aliphatic heterocycles. The van der Waals surface area contributed by atoms with Crippen LogP contribution < -0.4 is 4.74 Å². The van der Waals surface area contributed by atoms with Gasteiger partial charge < -0.3 is 9.29 Å². The molecule has 7 heteroatoms. The van der Waals surface area contributed by atoms with E-state index in [-0.39, 0.29) is 17.7 Å². The maximum atomic E-state index is 13.4. The molecule has 0 saturated carbocycles. The number of benzene rings is 1. The van der Waals surface area contributed by atoms with E-state index in [9.17, 15) is 8.94 Å². The number of nitrogens with one attached hydrogen (secondary N) is 1. The average Bonchev–Trinajstić information content (AvgIpc) is 3.09. The number of ether oxygens (including phenoxy) is 1. The van der Waals surface area contributed by atoms with Gasteiger partial charge in [-0.3, -0.25) is 9.97 Å². The van der Waals surface area contributed by atoms with Gasteiger partial charge >= 0.3 is 5.16 Å². The van der Waals surface area contributed by atoms with Gasteiger partial charge in [0.2, 0.25) is 0 Å². The molecular formula is C20H18FN3O2S. The van der Waals surface area contributed by atoms with Crippen LogP contribution >= 0.6 is 0 Å². The summed E-state index contributed by atoms with van der Waals surface area (Å²) in [7, 11) is 0. The molecular weight excluding hydrogens is 365 g/mol. The highest BCUT2D eigenvalue weighted by Gasteiger charge is 2.36. The van der Waals surface area contributed by atoms with Gasteiger partial charge in [-0.1, -0.05) is 5.92 Å². The van der Waals surface area contributed by atoms with E-state index in [0.29, 0.717) is 16.2 Å². The van der Waals surface area contributed by atoms with Crippen molar-refractivity contribution in [3.8, 4) is 18.1 Å². The number of aromatic nitrogens is 3. The summed E-state index contributed by atoms with van der Waals surface area (Å²) in [6.45, 7) is 2.10. The van der Waals surface area contributed by atoms with Crippen molar-refractivity contribution in [2.45, 2.75) is 36.6 Å². The Bertz CT molecular complexity index is 1040. The number of aryl methyl sites for hydroxylation is 1. The Labute approximate surface area is 159 Å². The van der Waals surface area contributed by atoms with Gasteiger partial charge in [0, 0.05) is 41.0 Å². The number of hydrogen-bond donors (Lipinski definition) is 1. The summed E-state index contributed by atoms with van der Waals surface area (Å²) in [6, 6.07) is 4.28. The fourth-order valence-corrected chi connectivity index (χ4v) is 4.94. The number of H-pyrrole nitrogens is 1. The second kappa shape index (κ2) is 7.22. The van der Waals surface area contributed by atoms with Crippen molar-refractivity contribution in [3.05, 3.63) is 47.0 Å². The van der Waals surface area contributed by atoms with Gasteiger partial charge in [0.25, 0.3) is 0 Å². The third-order valence-electron chi connectivity index (χ3n) is 4.71. The van der Waals surface area contributed by atoms with Crippen LogP contribution in [0.2, 0.25) is 0 Å². The van der Waals surface area contributed by atoms with Gasteiger partial charge in [-0.15, -0.1) is 6.42 Å². The first kappa shape index (κ1) is 17.8. The quantitative estimate of drug-likeness (QED) is 0.552. The van der Waals surface area contributed by atoms with Crippen molar-refractivity contribution in [2.24, 2.45) is 0 Å².